The molecule has 0 unspecified atom stereocenters. The molecular formula is C50H36N2O2. The van der Waals surface area contributed by atoms with E-state index in [-0.39, 0.29) is 11.5 Å². The number of anilines is 6. The second-order valence-electron chi connectivity index (χ2n) is 13.2. The summed E-state index contributed by atoms with van der Waals surface area (Å²) in [6.07, 6.45) is 0. The Bertz CT molecular complexity index is 2660. The van der Waals surface area contributed by atoms with Crippen LogP contribution in [0.5, 0.6) is 11.5 Å². The minimum Gasteiger partial charge on any atom is -0.504 e. The SMILES string of the molecule is Oc1ccc2c(-c3ccccc3N(c3ccccc3)c3ccccc3)c3ccccc3c(-c3ccccc3N(c3ccccc3)c3ccccc3)c2c1O. The van der Waals surface area contributed by atoms with Gasteiger partial charge in [-0.15, -0.1) is 0 Å². The van der Waals surface area contributed by atoms with E-state index in [1.165, 1.54) is 0 Å². The van der Waals surface area contributed by atoms with Gasteiger partial charge in [0, 0.05) is 44.8 Å². The molecule has 0 fully saturated rings. The van der Waals surface area contributed by atoms with Crippen LogP contribution in [-0.4, -0.2) is 10.2 Å². The van der Waals surface area contributed by atoms with Gasteiger partial charge in [-0.05, 0) is 94.5 Å². The fraction of sp³-hybridized carbons (Fsp3) is 0. The first-order valence-electron chi connectivity index (χ1n) is 18.1. The summed E-state index contributed by atoms with van der Waals surface area (Å²) >= 11 is 0. The van der Waals surface area contributed by atoms with E-state index in [0.29, 0.717) is 5.39 Å². The molecule has 9 aromatic rings. The summed E-state index contributed by atoms with van der Waals surface area (Å²) in [7, 11) is 0. The van der Waals surface area contributed by atoms with Crippen molar-refractivity contribution in [3.8, 4) is 33.8 Å². The number of nitrogens with zero attached hydrogens (tertiary/aromatic N) is 2. The lowest BCUT2D eigenvalue weighted by molar-refractivity contribution is 0.408. The first kappa shape index (κ1) is 32.6. The highest BCUT2D eigenvalue weighted by Crippen LogP contribution is 2.53. The molecule has 2 N–H and O–H groups in total. The highest BCUT2D eigenvalue weighted by Gasteiger charge is 2.26. The minimum absolute atomic E-state index is 0.157. The molecule has 0 aliphatic rings. The Balaban J connectivity index is 1.38. The summed E-state index contributed by atoms with van der Waals surface area (Å²) in [5.41, 5.74) is 9.70. The number of phenolic OH excluding ortho intramolecular Hbond substituents is 2. The zero-order valence-electron chi connectivity index (χ0n) is 29.4. The Morgan fingerprint density at radius 1 is 0.296 bits per heavy atom. The van der Waals surface area contributed by atoms with Gasteiger partial charge in [-0.25, -0.2) is 0 Å². The predicted molar refractivity (Wildman–Crippen MR) is 225 cm³/mol. The maximum absolute atomic E-state index is 12.1. The summed E-state index contributed by atoms with van der Waals surface area (Å²) in [5, 5.41) is 26.7. The number of aromatic hydroxyl groups is 2. The zero-order valence-corrected chi connectivity index (χ0v) is 29.4. The first-order chi connectivity index (χ1) is 26.7. The highest BCUT2D eigenvalue weighted by atomic mass is 16.3. The van der Waals surface area contributed by atoms with Crippen LogP contribution in [0.4, 0.5) is 34.1 Å². The summed E-state index contributed by atoms with van der Waals surface area (Å²) in [6.45, 7) is 0. The van der Waals surface area contributed by atoms with E-state index in [1.807, 2.05) is 72.8 Å². The molecule has 0 saturated heterocycles. The van der Waals surface area contributed by atoms with Crippen LogP contribution in [0, 0.1) is 0 Å². The van der Waals surface area contributed by atoms with Crippen molar-refractivity contribution < 1.29 is 10.2 Å². The van der Waals surface area contributed by atoms with E-state index < -0.39 is 0 Å². The van der Waals surface area contributed by atoms with Crippen LogP contribution in [0.25, 0.3) is 43.8 Å². The Kier molecular flexibility index (Phi) is 8.46. The first-order valence-corrected chi connectivity index (χ1v) is 18.1. The van der Waals surface area contributed by atoms with Crippen molar-refractivity contribution in [1.29, 1.82) is 0 Å². The number of phenols is 2. The van der Waals surface area contributed by atoms with Gasteiger partial charge in [-0.1, -0.05) is 133 Å². The molecule has 0 aliphatic carbocycles. The third kappa shape index (κ3) is 5.67. The maximum atomic E-state index is 12.1. The molecule has 0 atom stereocenters. The van der Waals surface area contributed by atoms with Crippen molar-refractivity contribution in [3.05, 3.63) is 206 Å². The van der Waals surface area contributed by atoms with Gasteiger partial charge in [0.15, 0.2) is 11.5 Å². The molecule has 4 nitrogen and oxygen atoms in total. The van der Waals surface area contributed by atoms with Gasteiger partial charge in [0.05, 0.1) is 11.4 Å². The number of rotatable bonds is 8. The lowest BCUT2D eigenvalue weighted by atomic mass is 9.84. The van der Waals surface area contributed by atoms with Crippen LogP contribution in [0.3, 0.4) is 0 Å². The van der Waals surface area contributed by atoms with Crippen molar-refractivity contribution in [3.63, 3.8) is 0 Å². The van der Waals surface area contributed by atoms with E-state index >= 15 is 0 Å². The number of fused-ring (bicyclic) bond motifs is 2. The molecule has 0 saturated carbocycles. The maximum Gasteiger partial charge on any atom is 0.166 e. The van der Waals surface area contributed by atoms with E-state index in [4.69, 9.17) is 0 Å². The second-order valence-corrected chi connectivity index (χ2v) is 13.2. The van der Waals surface area contributed by atoms with Gasteiger partial charge in [0.2, 0.25) is 0 Å². The molecule has 0 radical (unpaired) electrons. The largest absolute Gasteiger partial charge is 0.504 e. The molecule has 0 aromatic heterocycles. The molecule has 54 heavy (non-hydrogen) atoms. The standard InChI is InChI=1S/C50H36N2O2/c53-46-34-33-43-47(41-29-15-17-31-44(41)51(35-19-5-1-6-20-35)36-21-7-2-8-22-36)39-27-13-14-28-40(39)48(49(43)50(46)54)42-30-16-18-32-45(42)52(37-23-9-3-10-24-37)38-25-11-4-12-26-38/h1-34,53-54H. The van der Waals surface area contributed by atoms with Crippen LogP contribution in [0.15, 0.2) is 206 Å². The molecule has 0 amide bonds. The van der Waals surface area contributed by atoms with E-state index in [1.54, 1.807) is 6.07 Å². The average molecular weight is 697 g/mol. The molecule has 0 aliphatic heterocycles. The van der Waals surface area contributed by atoms with Crippen LogP contribution < -0.4 is 9.80 Å². The summed E-state index contributed by atoms with van der Waals surface area (Å²) in [6, 6.07) is 70.1. The number of benzene rings is 9. The van der Waals surface area contributed by atoms with Crippen LogP contribution in [0.2, 0.25) is 0 Å². The van der Waals surface area contributed by atoms with E-state index in [2.05, 4.69) is 137 Å². The van der Waals surface area contributed by atoms with E-state index in [9.17, 15) is 10.2 Å². The highest BCUT2D eigenvalue weighted by molar-refractivity contribution is 6.25. The van der Waals surface area contributed by atoms with Gasteiger partial charge >= 0.3 is 0 Å². The Morgan fingerprint density at radius 3 is 1.09 bits per heavy atom. The Labute approximate surface area is 314 Å². The number of hydrogen-bond donors (Lipinski definition) is 2. The van der Waals surface area contributed by atoms with Gasteiger partial charge in [-0.2, -0.15) is 0 Å². The third-order valence-electron chi connectivity index (χ3n) is 10.0. The number of hydrogen-bond acceptors (Lipinski definition) is 4. The Morgan fingerprint density at radius 2 is 0.648 bits per heavy atom. The fourth-order valence-electron chi connectivity index (χ4n) is 7.73. The molecule has 9 aromatic carbocycles. The molecule has 258 valence electrons. The van der Waals surface area contributed by atoms with Gasteiger partial charge in [-0.3, -0.25) is 0 Å². The normalized spacial score (nSPS) is 11.1. The molecular weight excluding hydrogens is 661 g/mol. The third-order valence-corrected chi connectivity index (χ3v) is 10.0. The van der Waals surface area contributed by atoms with Gasteiger partial charge < -0.3 is 20.0 Å². The van der Waals surface area contributed by atoms with Gasteiger partial charge in [0.25, 0.3) is 0 Å². The van der Waals surface area contributed by atoms with Crippen LogP contribution in [-0.2, 0) is 0 Å². The Hall–Kier alpha value is -7.30. The molecule has 0 heterocycles. The average Bonchev–Trinajstić information content (AvgIpc) is 3.24. The van der Waals surface area contributed by atoms with E-state index in [0.717, 1.165) is 72.5 Å². The van der Waals surface area contributed by atoms with Crippen LogP contribution in [0.1, 0.15) is 0 Å². The zero-order chi connectivity index (χ0) is 36.4. The molecule has 0 spiro atoms. The van der Waals surface area contributed by atoms with Crippen molar-refractivity contribution >= 4 is 55.7 Å². The second kappa shape index (κ2) is 14.0. The lowest BCUT2D eigenvalue weighted by Crippen LogP contribution is -2.11. The van der Waals surface area contributed by atoms with Crippen molar-refractivity contribution in [1.82, 2.24) is 0 Å². The smallest absolute Gasteiger partial charge is 0.166 e. The van der Waals surface area contributed by atoms with Crippen LogP contribution >= 0.6 is 0 Å². The molecule has 0 bridgehead atoms. The molecule has 9 rings (SSSR count). The summed E-state index contributed by atoms with van der Waals surface area (Å²) < 4.78 is 0. The van der Waals surface area contributed by atoms with Gasteiger partial charge in [0.1, 0.15) is 0 Å². The summed E-state index contributed by atoms with van der Waals surface area (Å²) in [5.74, 6) is -0.329. The van der Waals surface area contributed by atoms with Crippen molar-refractivity contribution in [2.75, 3.05) is 9.80 Å². The van der Waals surface area contributed by atoms with Crippen molar-refractivity contribution in [2.24, 2.45) is 0 Å². The fourth-order valence-corrected chi connectivity index (χ4v) is 7.73. The number of para-hydroxylation sites is 6. The quantitative estimate of drug-likeness (QED) is 0.123. The molecule has 4 heteroatoms. The minimum atomic E-state index is -0.172. The summed E-state index contributed by atoms with van der Waals surface area (Å²) in [4.78, 5) is 4.52. The topological polar surface area (TPSA) is 46.9 Å². The lowest BCUT2D eigenvalue weighted by Gasteiger charge is -2.30. The monoisotopic (exact) mass is 696 g/mol. The predicted octanol–water partition coefficient (Wildman–Crippen LogP) is 13.7. The van der Waals surface area contributed by atoms with Crippen molar-refractivity contribution in [2.45, 2.75) is 0 Å².